The number of hydrogen-bond acceptors (Lipinski definition) is 4. The average Bonchev–Trinajstić information content (AvgIpc) is 2.75. The molecule has 1 heterocycles. The topological polar surface area (TPSA) is 66.8 Å². The SMILES string of the molecule is CCN1CC(C(=O)O)c2ccc(C(=O)OC)cc21. The molecule has 1 aliphatic rings. The van der Waals surface area contributed by atoms with Crippen LogP contribution in [0.25, 0.3) is 0 Å². The Kier molecular flexibility index (Phi) is 3.23. The molecule has 0 radical (unpaired) electrons. The zero-order valence-electron chi connectivity index (χ0n) is 10.3. The van der Waals surface area contributed by atoms with Crippen LogP contribution < -0.4 is 4.90 Å². The summed E-state index contributed by atoms with van der Waals surface area (Å²) in [6.45, 7) is 3.12. The number of likely N-dealkylation sites (N-methyl/N-ethyl adjacent to an activating group) is 1. The lowest BCUT2D eigenvalue weighted by molar-refractivity contribution is -0.138. The number of ether oxygens (including phenoxy) is 1. The van der Waals surface area contributed by atoms with E-state index >= 15 is 0 Å². The molecular formula is C13H15NO4. The van der Waals surface area contributed by atoms with Gasteiger partial charge in [0.1, 0.15) is 5.92 Å². The lowest BCUT2D eigenvalue weighted by Crippen LogP contribution is -2.24. The highest BCUT2D eigenvalue weighted by atomic mass is 16.5. The average molecular weight is 249 g/mol. The van der Waals surface area contributed by atoms with Crippen molar-refractivity contribution in [1.29, 1.82) is 0 Å². The van der Waals surface area contributed by atoms with Crippen LogP contribution in [0.15, 0.2) is 18.2 Å². The van der Waals surface area contributed by atoms with Gasteiger partial charge in [-0.3, -0.25) is 4.79 Å². The number of carbonyl (C=O) groups excluding carboxylic acids is 1. The first-order valence-corrected chi connectivity index (χ1v) is 5.78. The molecule has 1 N–H and O–H groups in total. The van der Waals surface area contributed by atoms with E-state index < -0.39 is 17.9 Å². The second kappa shape index (κ2) is 4.68. The quantitative estimate of drug-likeness (QED) is 0.822. The third-order valence-electron chi connectivity index (χ3n) is 3.25. The van der Waals surface area contributed by atoms with Crippen molar-refractivity contribution in [3.05, 3.63) is 29.3 Å². The maximum absolute atomic E-state index is 11.5. The van der Waals surface area contributed by atoms with Crippen LogP contribution in [-0.2, 0) is 9.53 Å². The van der Waals surface area contributed by atoms with Crippen molar-refractivity contribution in [2.45, 2.75) is 12.8 Å². The molecule has 1 aromatic carbocycles. The third-order valence-corrected chi connectivity index (χ3v) is 3.25. The van der Waals surface area contributed by atoms with E-state index in [1.165, 1.54) is 7.11 Å². The molecule has 5 heteroatoms. The molecule has 18 heavy (non-hydrogen) atoms. The van der Waals surface area contributed by atoms with Gasteiger partial charge in [0.05, 0.1) is 12.7 Å². The maximum atomic E-state index is 11.5. The van der Waals surface area contributed by atoms with Crippen LogP contribution in [0.1, 0.15) is 28.8 Å². The fraction of sp³-hybridized carbons (Fsp3) is 0.385. The van der Waals surface area contributed by atoms with Crippen molar-refractivity contribution >= 4 is 17.6 Å². The second-order valence-corrected chi connectivity index (χ2v) is 4.19. The number of rotatable bonds is 3. The van der Waals surface area contributed by atoms with Gasteiger partial charge in [-0.05, 0) is 24.6 Å². The summed E-state index contributed by atoms with van der Waals surface area (Å²) < 4.78 is 4.67. The van der Waals surface area contributed by atoms with Gasteiger partial charge in [-0.15, -0.1) is 0 Å². The Labute approximate surface area is 105 Å². The Morgan fingerprint density at radius 1 is 1.50 bits per heavy atom. The number of esters is 1. The number of carbonyl (C=O) groups is 2. The number of carboxylic acids is 1. The minimum absolute atomic E-state index is 0.410. The normalized spacial score (nSPS) is 17.4. The van der Waals surface area contributed by atoms with Crippen molar-refractivity contribution < 1.29 is 19.4 Å². The third kappa shape index (κ3) is 1.92. The number of benzene rings is 1. The lowest BCUT2D eigenvalue weighted by atomic mass is 10.0. The molecule has 1 unspecified atom stereocenters. The Morgan fingerprint density at radius 3 is 2.78 bits per heavy atom. The molecule has 2 rings (SSSR count). The fourth-order valence-corrected chi connectivity index (χ4v) is 2.28. The van der Waals surface area contributed by atoms with Crippen LogP contribution >= 0.6 is 0 Å². The van der Waals surface area contributed by atoms with Gasteiger partial charge in [0.15, 0.2) is 0 Å². The molecule has 0 spiro atoms. The molecule has 0 fully saturated rings. The van der Waals surface area contributed by atoms with Crippen LogP contribution in [0.3, 0.4) is 0 Å². The van der Waals surface area contributed by atoms with Crippen LogP contribution in [0.4, 0.5) is 5.69 Å². The van der Waals surface area contributed by atoms with Gasteiger partial charge >= 0.3 is 11.9 Å². The van der Waals surface area contributed by atoms with E-state index in [1.54, 1.807) is 18.2 Å². The van der Waals surface area contributed by atoms with E-state index in [1.807, 2.05) is 11.8 Å². The predicted octanol–water partition coefficient (Wildman–Crippen LogP) is 1.48. The molecule has 5 nitrogen and oxygen atoms in total. The van der Waals surface area contributed by atoms with Crippen LogP contribution in [0, 0.1) is 0 Å². The van der Waals surface area contributed by atoms with Gasteiger partial charge in [-0.25, -0.2) is 4.79 Å². The summed E-state index contributed by atoms with van der Waals surface area (Å²) in [5, 5.41) is 9.18. The van der Waals surface area contributed by atoms with Crippen molar-refractivity contribution in [3.63, 3.8) is 0 Å². The van der Waals surface area contributed by atoms with Crippen LogP contribution in [0.2, 0.25) is 0 Å². The zero-order chi connectivity index (χ0) is 13.3. The van der Waals surface area contributed by atoms with Gasteiger partial charge in [0.2, 0.25) is 0 Å². The largest absolute Gasteiger partial charge is 0.481 e. The molecule has 0 bridgehead atoms. The summed E-state index contributed by atoms with van der Waals surface area (Å²) in [5.41, 5.74) is 2.02. The monoisotopic (exact) mass is 249 g/mol. The van der Waals surface area contributed by atoms with E-state index in [2.05, 4.69) is 4.74 Å². The highest BCUT2D eigenvalue weighted by molar-refractivity contribution is 5.92. The first-order valence-electron chi connectivity index (χ1n) is 5.78. The summed E-state index contributed by atoms with van der Waals surface area (Å²) in [4.78, 5) is 24.6. The van der Waals surface area contributed by atoms with Gasteiger partial charge in [-0.1, -0.05) is 6.07 Å². The van der Waals surface area contributed by atoms with E-state index in [0.29, 0.717) is 18.7 Å². The van der Waals surface area contributed by atoms with E-state index in [9.17, 15) is 14.7 Å². The summed E-state index contributed by atoms with van der Waals surface area (Å²) in [6.07, 6.45) is 0. The number of anilines is 1. The van der Waals surface area contributed by atoms with Crippen molar-refractivity contribution in [1.82, 2.24) is 0 Å². The molecule has 0 saturated carbocycles. The lowest BCUT2D eigenvalue weighted by Gasteiger charge is -2.16. The summed E-state index contributed by atoms with van der Waals surface area (Å²) in [6, 6.07) is 5.02. The number of nitrogens with zero attached hydrogens (tertiary/aromatic N) is 1. The Balaban J connectivity index is 2.45. The Morgan fingerprint density at radius 2 is 2.22 bits per heavy atom. The smallest absolute Gasteiger partial charge is 0.337 e. The van der Waals surface area contributed by atoms with Gasteiger partial charge in [0, 0.05) is 18.8 Å². The molecule has 1 atom stereocenters. The number of carboxylic acid groups (broad SMARTS) is 1. The number of fused-ring (bicyclic) bond motifs is 1. The van der Waals surface area contributed by atoms with Crippen molar-refractivity contribution in [2.24, 2.45) is 0 Å². The molecule has 0 saturated heterocycles. The highest BCUT2D eigenvalue weighted by Crippen LogP contribution is 2.36. The molecule has 96 valence electrons. The van der Waals surface area contributed by atoms with Crippen LogP contribution in [-0.4, -0.2) is 37.2 Å². The first-order chi connectivity index (χ1) is 8.58. The molecule has 1 aromatic rings. The second-order valence-electron chi connectivity index (χ2n) is 4.19. The molecule has 0 aromatic heterocycles. The Hall–Kier alpha value is -2.04. The van der Waals surface area contributed by atoms with Gasteiger partial charge in [-0.2, -0.15) is 0 Å². The minimum atomic E-state index is -0.835. The molecule has 0 aliphatic carbocycles. The van der Waals surface area contributed by atoms with Crippen LogP contribution in [0.5, 0.6) is 0 Å². The van der Waals surface area contributed by atoms with E-state index in [0.717, 1.165) is 11.3 Å². The highest BCUT2D eigenvalue weighted by Gasteiger charge is 2.33. The standard InChI is InChI=1S/C13H15NO4/c1-3-14-7-10(12(15)16)9-5-4-8(6-11(9)14)13(17)18-2/h4-6,10H,3,7H2,1-2H3,(H,15,16). The Bertz CT molecular complexity index is 498. The van der Waals surface area contributed by atoms with Gasteiger partial charge < -0.3 is 14.7 Å². The number of hydrogen-bond donors (Lipinski definition) is 1. The number of aliphatic carboxylic acids is 1. The predicted molar refractivity (Wildman–Crippen MR) is 66.0 cm³/mol. The fourth-order valence-electron chi connectivity index (χ4n) is 2.28. The zero-order valence-corrected chi connectivity index (χ0v) is 10.3. The summed E-state index contributed by atoms with van der Waals surface area (Å²) in [7, 11) is 1.33. The van der Waals surface area contributed by atoms with E-state index in [4.69, 9.17) is 0 Å². The van der Waals surface area contributed by atoms with Crippen molar-refractivity contribution in [3.8, 4) is 0 Å². The first kappa shape index (κ1) is 12.4. The molecular weight excluding hydrogens is 234 g/mol. The summed E-state index contributed by atoms with van der Waals surface area (Å²) >= 11 is 0. The number of methoxy groups -OCH3 is 1. The minimum Gasteiger partial charge on any atom is -0.481 e. The van der Waals surface area contributed by atoms with Crippen molar-refractivity contribution in [2.75, 3.05) is 25.1 Å². The molecule has 0 amide bonds. The molecule has 1 aliphatic heterocycles. The summed E-state index contributed by atoms with van der Waals surface area (Å²) in [5.74, 6) is -1.77. The van der Waals surface area contributed by atoms with Gasteiger partial charge in [0.25, 0.3) is 0 Å². The van der Waals surface area contributed by atoms with E-state index in [-0.39, 0.29) is 0 Å². The maximum Gasteiger partial charge on any atom is 0.337 e.